The Morgan fingerprint density at radius 3 is 2.58 bits per heavy atom. The molecule has 0 spiro atoms. The van der Waals surface area contributed by atoms with E-state index in [4.69, 9.17) is 19.4 Å². The number of halogens is 1. The molecule has 1 fully saturated rings. The van der Waals surface area contributed by atoms with Crippen LogP contribution in [0.3, 0.4) is 0 Å². The third-order valence-electron chi connectivity index (χ3n) is 7.77. The molecule has 5 aromatic rings. The molecule has 1 aliphatic rings. The number of aromatic carboxylic acids is 1. The summed E-state index contributed by atoms with van der Waals surface area (Å²) in [5, 5.41) is 9.48. The fraction of sp³-hybridized carbons (Fsp3) is 0.344. The Kier molecular flexibility index (Phi) is 8.52. The maximum Gasteiger partial charge on any atom is 0.335 e. The Bertz CT molecular complexity index is 1750. The largest absolute Gasteiger partial charge is 0.478 e. The maximum absolute atomic E-state index is 14.6. The number of fused-ring (bicyclic) bond motifs is 2. The van der Waals surface area contributed by atoms with Gasteiger partial charge in [-0.15, -0.1) is 0 Å². The van der Waals surface area contributed by atoms with Gasteiger partial charge in [-0.2, -0.15) is 0 Å². The summed E-state index contributed by atoms with van der Waals surface area (Å²) in [4.78, 5) is 31.9. The average molecular weight is 585 g/mol. The van der Waals surface area contributed by atoms with E-state index in [1.807, 2.05) is 16.7 Å². The van der Waals surface area contributed by atoms with Gasteiger partial charge in [0.2, 0.25) is 5.88 Å². The lowest BCUT2D eigenvalue weighted by Crippen LogP contribution is -2.33. The molecule has 0 unspecified atom stereocenters. The Morgan fingerprint density at radius 1 is 1.02 bits per heavy atom. The maximum atomic E-state index is 14.6. The summed E-state index contributed by atoms with van der Waals surface area (Å²) in [6, 6.07) is 13.8. The van der Waals surface area contributed by atoms with Crippen LogP contribution in [0, 0.1) is 5.82 Å². The third kappa shape index (κ3) is 6.47. The van der Waals surface area contributed by atoms with Crippen LogP contribution in [0.2, 0.25) is 0 Å². The molecule has 6 rings (SSSR count). The van der Waals surface area contributed by atoms with Gasteiger partial charge in [-0.25, -0.2) is 19.2 Å². The lowest BCUT2D eigenvalue weighted by atomic mass is 9.93. The number of imidazole rings is 1. The van der Waals surface area contributed by atoms with E-state index >= 15 is 0 Å². The van der Waals surface area contributed by atoms with Crippen molar-refractivity contribution in [2.45, 2.75) is 52.0 Å². The number of hydrogen-bond donors (Lipinski definition) is 1. The van der Waals surface area contributed by atoms with Crippen LogP contribution in [-0.2, 0) is 24.6 Å². The van der Waals surface area contributed by atoms with Crippen LogP contribution >= 0.6 is 0 Å². The zero-order valence-electron chi connectivity index (χ0n) is 23.9. The lowest BCUT2D eigenvalue weighted by molar-refractivity contribution is 0.0695. The smallest absolute Gasteiger partial charge is 0.335 e. The standard InChI is InChI=1S/C32H33FN6O4/c1-2-14-42-20-39-29-16-22(32(40)41)6-7-26(29)36-30(39)18-38-12-8-21(9-13-38)25-4-3-5-31(37-25)43-19-23-15-27-28(17-24(23)33)35-11-10-34-27/h3-7,10-11,15-17,21H,2,8-9,12-14,18-20H2,1H3,(H,40,41). The molecular weight excluding hydrogens is 551 g/mol. The molecular formula is C32H33FN6O4. The first-order chi connectivity index (χ1) is 21.0. The third-order valence-corrected chi connectivity index (χ3v) is 7.77. The average Bonchev–Trinajstić information content (AvgIpc) is 3.36. The van der Waals surface area contributed by atoms with Gasteiger partial charge in [0, 0.05) is 48.3 Å². The highest BCUT2D eigenvalue weighted by Gasteiger charge is 2.24. The van der Waals surface area contributed by atoms with E-state index in [-0.39, 0.29) is 23.9 Å². The first kappa shape index (κ1) is 28.6. The van der Waals surface area contributed by atoms with Crippen LogP contribution in [0.15, 0.2) is 60.9 Å². The van der Waals surface area contributed by atoms with Gasteiger partial charge in [-0.05, 0) is 62.7 Å². The van der Waals surface area contributed by atoms with Crippen LogP contribution in [0.5, 0.6) is 5.88 Å². The van der Waals surface area contributed by atoms with Gasteiger partial charge in [0.05, 0.1) is 34.2 Å². The Balaban J connectivity index is 1.10. The number of benzene rings is 2. The Morgan fingerprint density at radius 2 is 1.81 bits per heavy atom. The van der Waals surface area contributed by atoms with Gasteiger partial charge in [0.25, 0.3) is 0 Å². The highest BCUT2D eigenvalue weighted by Crippen LogP contribution is 2.29. The number of nitrogens with zero attached hydrogens (tertiary/aromatic N) is 6. The normalized spacial score (nSPS) is 14.5. The second-order valence-electron chi connectivity index (χ2n) is 10.7. The van der Waals surface area contributed by atoms with Crippen LogP contribution in [-0.4, -0.2) is 60.2 Å². The van der Waals surface area contributed by atoms with Gasteiger partial charge in [0.15, 0.2) is 0 Å². The van der Waals surface area contributed by atoms with Crippen molar-refractivity contribution in [2.24, 2.45) is 0 Å². The summed E-state index contributed by atoms with van der Waals surface area (Å²) in [7, 11) is 0. The van der Waals surface area contributed by atoms with Gasteiger partial charge >= 0.3 is 5.97 Å². The first-order valence-electron chi connectivity index (χ1n) is 14.5. The number of ether oxygens (including phenoxy) is 2. The zero-order valence-corrected chi connectivity index (χ0v) is 23.9. The summed E-state index contributed by atoms with van der Waals surface area (Å²) < 4.78 is 28.3. The number of hydrogen-bond acceptors (Lipinski definition) is 8. The fourth-order valence-electron chi connectivity index (χ4n) is 5.49. The predicted octanol–water partition coefficient (Wildman–Crippen LogP) is 5.55. The van der Waals surface area contributed by atoms with Crippen LogP contribution in [0.25, 0.3) is 22.1 Å². The summed E-state index contributed by atoms with van der Waals surface area (Å²) in [5.41, 5.74) is 4.23. The van der Waals surface area contributed by atoms with Crippen molar-refractivity contribution < 1.29 is 23.8 Å². The molecule has 222 valence electrons. The number of likely N-dealkylation sites (tertiary alicyclic amines) is 1. The topological polar surface area (TPSA) is 115 Å². The molecule has 0 radical (unpaired) electrons. The molecule has 11 heteroatoms. The monoisotopic (exact) mass is 584 g/mol. The van der Waals surface area contributed by atoms with E-state index in [1.54, 1.807) is 36.5 Å². The number of carbonyl (C=O) groups is 1. The molecule has 0 saturated carbocycles. The van der Waals surface area contributed by atoms with Gasteiger partial charge in [0.1, 0.15) is 25.0 Å². The minimum Gasteiger partial charge on any atom is -0.478 e. The van der Waals surface area contributed by atoms with Crippen LogP contribution in [0.1, 0.15) is 59.5 Å². The van der Waals surface area contributed by atoms with Crippen molar-refractivity contribution in [3.05, 3.63) is 89.4 Å². The number of carboxylic acids is 1. The van der Waals surface area contributed by atoms with Crippen molar-refractivity contribution in [1.82, 2.24) is 29.4 Å². The Hall–Kier alpha value is -4.48. The summed E-state index contributed by atoms with van der Waals surface area (Å²) in [6.45, 7) is 5.40. The van der Waals surface area contributed by atoms with E-state index in [1.165, 1.54) is 12.3 Å². The molecule has 0 bridgehead atoms. The van der Waals surface area contributed by atoms with E-state index in [9.17, 15) is 14.3 Å². The zero-order chi connectivity index (χ0) is 29.8. The van der Waals surface area contributed by atoms with Crippen molar-refractivity contribution in [3.63, 3.8) is 0 Å². The highest BCUT2D eigenvalue weighted by molar-refractivity contribution is 5.92. The molecule has 1 saturated heterocycles. The number of piperidine rings is 1. The molecule has 43 heavy (non-hydrogen) atoms. The molecule has 10 nitrogen and oxygen atoms in total. The predicted molar refractivity (Wildman–Crippen MR) is 158 cm³/mol. The van der Waals surface area contributed by atoms with Gasteiger partial charge in [-0.1, -0.05) is 13.0 Å². The van der Waals surface area contributed by atoms with Crippen LogP contribution in [0.4, 0.5) is 4.39 Å². The Labute approximate surface area is 248 Å². The minimum atomic E-state index is -0.966. The lowest BCUT2D eigenvalue weighted by Gasteiger charge is -2.31. The second kappa shape index (κ2) is 12.8. The van der Waals surface area contributed by atoms with Crippen molar-refractivity contribution >= 4 is 28.0 Å². The number of aromatic nitrogens is 5. The van der Waals surface area contributed by atoms with Crippen molar-refractivity contribution in [3.8, 4) is 5.88 Å². The molecule has 0 aliphatic carbocycles. The second-order valence-corrected chi connectivity index (χ2v) is 10.7. The van der Waals surface area contributed by atoms with E-state index in [2.05, 4.69) is 21.8 Å². The summed E-state index contributed by atoms with van der Waals surface area (Å²) in [5.74, 6) is 0.237. The number of rotatable bonds is 11. The van der Waals surface area contributed by atoms with E-state index in [0.717, 1.165) is 54.9 Å². The number of carboxylic acid groups (broad SMARTS) is 1. The minimum absolute atomic E-state index is 0.0458. The quantitative estimate of drug-likeness (QED) is 0.199. The van der Waals surface area contributed by atoms with Gasteiger partial charge in [-0.3, -0.25) is 14.9 Å². The van der Waals surface area contributed by atoms with Gasteiger partial charge < -0.3 is 19.1 Å². The van der Waals surface area contributed by atoms with E-state index in [0.29, 0.717) is 42.4 Å². The van der Waals surface area contributed by atoms with Crippen molar-refractivity contribution in [1.29, 1.82) is 0 Å². The molecule has 1 aliphatic heterocycles. The highest BCUT2D eigenvalue weighted by atomic mass is 19.1. The first-order valence-corrected chi connectivity index (χ1v) is 14.5. The van der Waals surface area contributed by atoms with Crippen molar-refractivity contribution in [2.75, 3.05) is 19.7 Å². The van der Waals surface area contributed by atoms with E-state index < -0.39 is 5.97 Å². The summed E-state index contributed by atoms with van der Waals surface area (Å²) >= 11 is 0. The summed E-state index contributed by atoms with van der Waals surface area (Å²) in [6.07, 6.45) is 5.85. The SMILES string of the molecule is CCCOCn1c(CN2CCC(c3cccc(OCc4cc5nccnc5cc4F)n3)CC2)nc2ccc(C(=O)O)cc21. The molecule has 0 atom stereocenters. The molecule has 2 aromatic carbocycles. The van der Waals surface area contributed by atoms with Crippen LogP contribution < -0.4 is 4.74 Å². The number of pyridine rings is 1. The molecule has 4 heterocycles. The molecule has 3 aromatic heterocycles. The molecule has 1 N–H and O–H groups in total. The molecule has 0 amide bonds. The fourth-order valence-corrected chi connectivity index (χ4v) is 5.49.